The zero-order valence-corrected chi connectivity index (χ0v) is 13.2. The summed E-state index contributed by atoms with van der Waals surface area (Å²) in [6, 6.07) is 9.44. The van der Waals surface area contributed by atoms with Crippen LogP contribution in [0, 0.1) is 5.92 Å². The molecular weight excluding hydrogens is 292 g/mol. The molecule has 1 saturated heterocycles. The van der Waals surface area contributed by atoms with Crippen molar-refractivity contribution in [1.29, 1.82) is 0 Å². The van der Waals surface area contributed by atoms with Gasteiger partial charge in [-0.3, -0.25) is 5.10 Å². The maximum atomic E-state index is 12.4. The largest absolute Gasteiger partial charge is 0.393 e. The molecule has 2 unspecified atom stereocenters. The fraction of sp³-hybridized carbons (Fsp3) is 0.412. The number of urea groups is 1. The topological polar surface area (TPSA) is 81.2 Å². The highest BCUT2D eigenvalue weighted by atomic mass is 16.3. The second kappa shape index (κ2) is 6.83. The van der Waals surface area contributed by atoms with Gasteiger partial charge in [-0.05, 0) is 43.5 Å². The summed E-state index contributed by atoms with van der Waals surface area (Å²) in [5.74, 6) is 0.164. The molecule has 3 N–H and O–H groups in total. The molecule has 1 aliphatic rings. The minimum atomic E-state index is -0.376. The number of nitrogens with zero attached hydrogens (tertiary/aromatic N) is 2. The minimum Gasteiger partial charge on any atom is -0.393 e. The molecule has 1 fully saturated rings. The number of carbonyl (C=O) groups is 1. The monoisotopic (exact) mass is 314 g/mol. The highest BCUT2D eigenvalue weighted by molar-refractivity contribution is 5.89. The fourth-order valence-corrected chi connectivity index (χ4v) is 2.94. The standard InChI is InChI=1S/C17H22N4O2/c1-12(22)14-3-2-10-21(11-14)17(23)19-15-6-4-13(5-7-15)16-8-9-18-20-16/h4-9,12,14,22H,2-3,10-11H2,1H3,(H,18,20)(H,19,23). The number of nitrogens with one attached hydrogen (secondary N) is 2. The maximum Gasteiger partial charge on any atom is 0.321 e. The van der Waals surface area contributed by atoms with Gasteiger partial charge in [-0.2, -0.15) is 5.10 Å². The Balaban J connectivity index is 1.61. The Bertz CT molecular complexity index is 637. The van der Waals surface area contributed by atoms with E-state index in [0.29, 0.717) is 6.54 Å². The third-order valence-electron chi connectivity index (χ3n) is 4.38. The van der Waals surface area contributed by atoms with Gasteiger partial charge in [0.1, 0.15) is 0 Å². The predicted molar refractivity (Wildman–Crippen MR) is 89.0 cm³/mol. The van der Waals surface area contributed by atoms with Crippen LogP contribution >= 0.6 is 0 Å². The average Bonchev–Trinajstić information content (AvgIpc) is 3.10. The van der Waals surface area contributed by atoms with Crippen molar-refractivity contribution in [2.45, 2.75) is 25.9 Å². The van der Waals surface area contributed by atoms with Gasteiger partial charge in [0.2, 0.25) is 0 Å². The molecule has 3 rings (SSSR count). The van der Waals surface area contributed by atoms with Gasteiger partial charge in [0, 0.05) is 30.9 Å². The third kappa shape index (κ3) is 3.71. The summed E-state index contributed by atoms with van der Waals surface area (Å²) in [7, 11) is 0. The number of anilines is 1. The maximum absolute atomic E-state index is 12.4. The van der Waals surface area contributed by atoms with E-state index in [2.05, 4.69) is 15.5 Å². The number of hydrogen-bond donors (Lipinski definition) is 3. The molecule has 2 atom stereocenters. The number of aromatic nitrogens is 2. The highest BCUT2D eigenvalue weighted by Crippen LogP contribution is 2.22. The van der Waals surface area contributed by atoms with Crippen LogP contribution in [0.2, 0.25) is 0 Å². The van der Waals surface area contributed by atoms with Crippen molar-refractivity contribution in [2.24, 2.45) is 5.92 Å². The summed E-state index contributed by atoms with van der Waals surface area (Å²) >= 11 is 0. The molecule has 2 amide bonds. The number of aliphatic hydroxyl groups excluding tert-OH is 1. The first-order valence-electron chi connectivity index (χ1n) is 7.97. The van der Waals surface area contributed by atoms with Crippen LogP contribution in [-0.2, 0) is 0 Å². The molecule has 6 nitrogen and oxygen atoms in total. The molecule has 0 radical (unpaired) electrons. The van der Waals surface area contributed by atoms with Gasteiger partial charge in [-0.15, -0.1) is 0 Å². The minimum absolute atomic E-state index is 0.107. The van der Waals surface area contributed by atoms with E-state index in [-0.39, 0.29) is 18.1 Å². The molecule has 2 heterocycles. The van der Waals surface area contributed by atoms with Gasteiger partial charge >= 0.3 is 6.03 Å². The van der Waals surface area contributed by atoms with E-state index in [0.717, 1.165) is 36.3 Å². The number of rotatable bonds is 3. The van der Waals surface area contributed by atoms with Gasteiger partial charge in [0.25, 0.3) is 0 Å². The van der Waals surface area contributed by atoms with Crippen molar-refractivity contribution < 1.29 is 9.90 Å². The van der Waals surface area contributed by atoms with Crippen molar-refractivity contribution >= 4 is 11.7 Å². The van der Waals surface area contributed by atoms with Crippen molar-refractivity contribution in [3.63, 3.8) is 0 Å². The number of H-pyrrole nitrogens is 1. The Morgan fingerprint density at radius 2 is 2.17 bits per heavy atom. The quantitative estimate of drug-likeness (QED) is 0.815. The third-order valence-corrected chi connectivity index (χ3v) is 4.38. The fourth-order valence-electron chi connectivity index (χ4n) is 2.94. The van der Waals surface area contributed by atoms with Crippen molar-refractivity contribution in [3.8, 4) is 11.3 Å². The van der Waals surface area contributed by atoms with Gasteiger partial charge in [-0.1, -0.05) is 12.1 Å². The van der Waals surface area contributed by atoms with Crippen LogP contribution in [0.3, 0.4) is 0 Å². The lowest BCUT2D eigenvalue weighted by atomic mass is 9.94. The van der Waals surface area contributed by atoms with Gasteiger partial charge < -0.3 is 15.3 Å². The smallest absolute Gasteiger partial charge is 0.321 e. The van der Waals surface area contributed by atoms with Crippen LogP contribution in [-0.4, -0.2) is 45.4 Å². The summed E-state index contributed by atoms with van der Waals surface area (Å²) in [6.07, 6.45) is 3.24. The highest BCUT2D eigenvalue weighted by Gasteiger charge is 2.26. The van der Waals surface area contributed by atoms with Crippen LogP contribution in [0.15, 0.2) is 36.5 Å². The predicted octanol–water partition coefficient (Wildman–Crippen LogP) is 2.70. The summed E-state index contributed by atoms with van der Waals surface area (Å²) in [5, 5.41) is 19.5. The number of benzene rings is 1. The molecule has 0 saturated carbocycles. The van der Waals surface area contributed by atoms with E-state index in [1.807, 2.05) is 30.3 Å². The normalized spacial score (nSPS) is 19.4. The number of piperidine rings is 1. The molecule has 2 aromatic rings. The Morgan fingerprint density at radius 1 is 1.39 bits per heavy atom. The van der Waals surface area contributed by atoms with E-state index >= 15 is 0 Å². The van der Waals surface area contributed by atoms with Crippen molar-refractivity contribution in [1.82, 2.24) is 15.1 Å². The van der Waals surface area contributed by atoms with E-state index < -0.39 is 0 Å². The lowest BCUT2D eigenvalue weighted by Gasteiger charge is -2.34. The molecular formula is C17H22N4O2. The molecule has 0 aliphatic carbocycles. The van der Waals surface area contributed by atoms with Gasteiger partial charge in [0.15, 0.2) is 0 Å². The number of amides is 2. The number of aromatic amines is 1. The van der Waals surface area contributed by atoms with Crippen LogP contribution in [0.1, 0.15) is 19.8 Å². The summed E-state index contributed by atoms with van der Waals surface area (Å²) in [4.78, 5) is 14.1. The van der Waals surface area contributed by atoms with E-state index in [9.17, 15) is 9.90 Å². The van der Waals surface area contributed by atoms with Crippen LogP contribution in [0.5, 0.6) is 0 Å². The molecule has 23 heavy (non-hydrogen) atoms. The second-order valence-electron chi connectivity index (χ2n) is 6.07. The Kier molecular flexibility index (Phi) is 4.62. The molecule has 0 bridgehead atoms. The zero-order chi connectivity index (χ0) is 16.2. The number of aliphatic hydroxyl groups is 1. The zero-order valence-electron chi connectivity index (χ0n) is 13.2. The Morgan fingerprint density at radius 3 is 2.83 bits per heavy atom. The average molecular weight is 314 g/mol. The van der Waals surface area contributed by atoms with E-state index in [1.165, 1.54) is 0 Å². The first kappa shape index (κ1) is 15.6. The second-order valence-corrected chi connectivity index (χ2v) is 6.07. The molecule has 6 heteroatoms. The van der Waals surface area contributed by atoms with Crippen LogP contribution < -0.4 is 5.32 Å². The summed E-state index contributed by atoms with van der Waals surface area (Å²) in [5.41, 5.74) is 2.73. The number of carbonyl (C=O) groups excluding carboxylic acids is 1. The molecule has 122 valence electrons. The van der Waals surface area contributed by atoms with Gasteiger partial charge in [0.05, 0.1) is 11.8 Å². The summed E-state index contributed by atoms with van der Waals surface area (Å²) < 4.78 is 0. The SMILES string of the molecule is CC(O)C1CCCN(C(=O)Nc2ccc(-c3ccn[nH]3)cc2)C1. The lowest BCUT2D eigenvalue weighted by molar-refractivity contribution is 0.0766. The van der Waals surface area contributed by atoms with E-state index in [4.69, 9.17) is 0 Å². The first-order chi connectivity index (χ1) is 11.1. The Labute approximate surface area is 135 Å². The molecule has 1 aromatic carbocycles. The van der Waals surface area contributed by atoms with Crippen LogP contribution in [0.25, 0.3) is 11.3 Å². The van der Waals surface area contributed by atoms with Crippen LogP contribution in [0.4, 0.5) is 10.5 Å². The molecule has 1 aromatic heterocycles. The Hall–Kier alpha value is -2.34. The number of likely N-dealkylation sites (tertiary alicyclic amines) is 1. The number of hydrogen-bond acceptors (Lipinski definition) is 3. The van der Waals surface area contributed by atoms with Crippen molar-refractivity contribution in [2.75, 3.05) is 18.4 Å². The first-order valence-corrected chi connectivity index (χ1v) is 7.97. The van der Waals surface area contributed by atoms with Crippen molar-refractivity contribution in [3.05, 3.63) is 36.5 Å². The summed E-state index contributed by atoms with van der Waals surface area (Å²) in [6.45, 7) is 3.14. The van der Waals surface area contributed by atoms with E-state index in [1.54, 1.807) is 18.0 Å². The molecule has 0 spiro atoms. The molecule has 1 aliphatic heterocycles. The lowest BCUT2D eigenvalue weighted by Crippen LogP contribution is -2.44. The van der Waals surface area contributed by atoms with Gasteiger partial charge in [-0.25, -0.2) is 4.79 Å².